The van der Waals surface area contributed by atoms with Crippen LogP contribution in [0.25, 0.3) is 22.4 Å². The number of rotatable bonds is 3. The van der Waals surface area contributed by atoms with Crippen LogP contribution in [-0.4, -0.2) is 20.9 Å². The van der Waals surface area contributed by atoms with Gasteiger partial charge < -0.3 is 10.3 Å². The zero-order valence-electron chi connectivity index (χ0n) is 12.7. The Hall–Kier alpha value is -3.47. The second-order valence-electron chi connectivity index (χ2n) is 5.35. The lowest BCUT2D eigenvalue weighted by molar-refractivity contribution is 0.102. The molecular formula is C19H14N4O. The van der Waals surface area contributed by atoms with Gasteiger partial charge in [-0.05, 0) is 48.5 Å². The maximum Gasteiger partial charge on any atom is 0.274 e. The molecule has 0 aliphatic carbocycles. The smallest absolute Gasteiger partial charge is 0.274 e. The van der Waals surface area contributed by atoms with Gasteiger partial charge in [0.2, 0.25) is 0 Å². The Morgan fingerprint density at radius 1 is 0.917 bits per heavy atom. The third kappa shape index (κ3) is 2.75. The largest absolute Gasteiger partial charge is 0.338 e. The Bertz CT molecular complexity index is 958. The highest BCUT2D eigenvalue weighted by molar-refractivity contribution is 6.02. The summed E-state index contributed by atoms with van der Waals surface area (Å²) in [5.41, 5.74) is 3.99. The van der Waals surface area contributed by atoms with E-state index in [2.05, 4.69) is 20.3 Å². The van der Waals surface area contributed by atoms with Crippen LogP contribution in [0.1, 0.15) is 10.5 Å². The molecule has 116 valence electrons. The van der Waals surface area contributed by atoms with Crippen molar-refractivity contribution in [1.82, 2.24) is 15.0 Å². The normalized spacial score (nSPS) is 10.7. The van der Waals surface area contributed by atoms with E-state index >= 15 is 0 Å². The molecule has 0 atom stereocenters. The van der Waals surface area contributed by atoms with Gasteiger partial charge in [0, 0.05) is 17.4 Å². The van der Waals surface area contributed by atoms with E-state index in [0.717, 1.165) is 22.4 Å². The molecule has 24 heavy (non-hydrogen) atoms. The van der Waals surface area contributed by atoms with E-state index in [4.69, 9.17) is 0 Å². The number of carbonyl (C=O) groups is 1. The van der Waals surface area contributed by atoms with Crippen LogP contribution in [0.5, 0.6) is 0 Å². The molecule has 4 rings (SSSR count). The summed E-state index contributed by atoms with van der Waals surface area (Å²) in [5, 5.41) is 2.83. The first-order valence-corrected chi connectivity index (χ1v) is 7.57. The fraction of sp³-hybridized carbons (Fsp3) is 0. The third-order valence-electron chi connectivity index (χ3n) is 3.70. The first-order chi connectivity index (χ1) is 11.8. The highest BCUT2D eigenvalue weighted by Gasteiger charge is 2.08. The molecule has 2 aromatic heterocycles. The fourth-order valence-electron chi connectivity index (χ4n) is 2.49. The molecule has 1 amide bonds. The van der Waals surface area contributed by atoms with Gasteiger partial charge in [0.15, 0.2) is 0 Å². The van der Waals surface area contributed by atoms with E-state index in [0.29, 0.717) is 11.4 Å². The van der Waals surface area contributed by atoms with Crippen LogP contribution in [0.2, 0.25) is 0 Å². The van der Waals surface area contributed by atoms with E-state index < -0.39 is 0 Å². The van der Waals surface area contributed by atoms with Crippen molar-refractivity contribution in [1.29, 1.82) is 0 Å². The number of aromatic amines is 1. The molecule has 0 aliphatic rings. The Morgan fingerprint density at radius 2 is 1.71 bits per heavy atom. The lowest BCUT2D eigenvalue weighted by Gasteiger charge is -2.05. The van der Waals surface area contributed by atoms with Gasteiger partial charge in [-0.15, -0.1) is 0 Å². The molecule has 0 bridgehead atoms. The molecule has 0 aliphatic heterocycles. The molecule has 0 spiro atoms. The summed E-state index contributed by atoms with van der Waals surface area (Å²) in [5.74, 6) is 0.575. The number of benzene rings is 2. The van der Waals surface area contributed by atoms with Gasteiger partial charge in [-0.25, -0.2) is 4.98 Å². The quantitative estimate of drug-likeness (QED) is 0.603. The molecule has 0 radical (unpaired) electrons. The number of nitrogens with zero attached hydrogens (tertiary/aromatic N) is 2. The number of carbonyl (C=O) groups excluding carboxylic acids is 1. The summed E-state index contributed by atoms with van der Waals surface area (Å²) in [6.45, 7) is 0. The Kier molecular flexibility index (Phi) is 3.51. The van der Waals surface area contributed by atoms with Crippen molar-refractivity contribution in [3.8, 4) is 11.4 Å². The monoisotopic (exact) mass is 314 g/mol. The number of para-hydroxylation sites is 2. The predicted molar refractivity (Wildman–Crippen MR) is 93.7 cm³/mol. The minimum atomic E-state index is -0.230. The predicted octanol–water partition coefficient (Wildman–Crippen LogP) is 3.88. The number of hydrogen-bond acceptors (Lipinski definition) is 3. The zero-order chi connectivity index (χ0) is 16.4. The molecule has 4 aromatic rings. The first kappa shape index (κ1) is 14.1. The maximum absolute atomic E-state index is 12.1. The van der Waals surface area contributed by atoms with Gasteiger partial charge >= 0.3 is 0 Å². The minimum absolute atomic E-state index is 0.230. The lowest BCUT2D eigenvalue weighted by atomic mass is 10.2. The average molecular weight is 314 g/mol. The number of nitrogens with one attached hydrogen (secondary N) is 2. The molecule has 2 aromatic carbocycles. The Balaban J connectivity index is 1.55. The summed E-state index contributed by atoms with van der Waals surface area (Å²) in [7, 11) is 0. The number of imidazole rings is 1. The van der Waals surface area contributed by atoms with Crippen molar-refractivity contribution < 1.29 is 4.79 Å². The number of anilines is 1. The van der Waals surface area contributed by atoms with Crippen molar-refractivity contribution >= 4 is 22.6 Å². The summed E-state index contributed by atoms with van der Waals surface area (Å²) in [6.07, 6.45) is 1.60. The molecule has 0 saturated carbocycles. The summed E-state index contributed by atoms with van der Waals surface area (Å²) in [4.78, 5) is 24.0. The number of H-pyrrole nitrogens is 1. The lowest BCUT2D eigenvalue weighted by Crippen LogP contribution is -2.13. The minimum Gasteiger partial charge on any atom is -0.338 e. The van der Waals surface area contributed by atoms with Crippen molar-refractivity contribution in [3.05, 3.63) is 78.6 Å². The number of fused-ring (bicyclic) bond motifs is 1. The van der Waals surface area contributed by atoms with Crippen LogP contribution >= 0.6 is 0 Å². The topological polar surface area (TPSA) is 70.7 Å². The van der Waals surface area contributed by atoms with Gasteiger partial charge in [-0.1, -0.05) is 18.2 Å². The average Bonchev–Trinajstić information content (AvgIpc) is 3.07. The molecule has 5 heteroatoms. The SMILES string of the molecule is O=C(Nc1ccc(-c2nc3ccccc3[nH]2)cc1)c1ccccn1. The van der Waals surface area contributed by atoms with E-state index in [9.17, 15) is 4.79 Å². The summed E-state index contributed by atoms with van der Waals surface area (Å²) < 4.78 is 0. The Morgan fingerprint density at radius 3 is 2.46 bits per heavy atom. The van der Waals surface area contributed by atoms with E-state index in [1.165, 1.54) is 0 Å². The molecule has 0 fully saturated rings. The first-order valence-electron chi connectivity index (χ1n) is 7.57. The van der Waals surface area contributed by atoms with Crippen LogP contribution in [0.3, 0.4) is 0 Å². The molecule has 0 saturated heterocycles. The van der Waals surface area contributed by atoms with Crippen molar-refractivity contribution in [2.45, 2.75) is 0 Å². The molecule has 2 heterocycles. The highest BCUT2D eigenvalue weighted by atomic mass is 16.1. The van der Waals surface area contributed by atoms with Crippen LogP contribution in [-0.2, 0) is 0 Å². The summed E-state index contributed by atoms with van der Waals surface area (Å²) >= 11 is 0. The second kappa shape index (κ2) is 5.96. The maximum atomic E-state index is 12.1. The standard InChI is InChI=1S/C19H14N4O/c24-19(17-7-3-4-12-20-17)21-14-10-8-13(9-11-14)18-22-15-5-1-2-6-16(15)23-18/h1-12H,(H,21,24)(H,22,23). The number of pyridine rings is 1. The van der Waals surface area contributed by atoms with Gasteiger partial charge in [0.05, 0.1) is 11.0 Å². The fourth-order valence-corrected chi connectivity index (χ4v) is 2.49. The van der Waals surface area contributed by atoms with Crippen molar-refractivity contribution in [3.63, 3.8) is 0 Å². The van der Waals surface area contributed by atoms with Crippen LogP contribution in [0.15, 0.2) is 72.9 Å². The Labute approximate surface area is 138 Å². The van der Waals surface area contributed by atoms with Gasteiger partial charge in [0.1, 0.15) is 11.5 Å². The van der Waals surface area contributed by atoms with Gasteiger partial charge in [-0.2, -0.15) is 0 Å². The van der Waals surface area contributed by atoms with Gasteiger partial charge in [0.25, 0.3) is 5.91 Å². The van der Waals surface area contributed by atoms with E-state index in [-0.39, 0.29) is 5.91 Å². The zero-order valence-corrected chi connectivity index (χ0v) is 12.7. The number of hydrogen-bond donors (Lipinski definition) is 2. The summed E-state index contributed by atoms with van der Waals surface area (Å²) in [6, 6.07) is 20.7. The van der Waals surface area contributed by atoms with Crippen LogP contribution < -0.4 is 5.32 Å². The second-order valence-corrected chi connectivity index (χ2v) is 5.35. The number of aromatic nitrogens is 3. The van der Waals surface area contributed by atoms with Gasteiger partial charge in [-0.3, -0.25) is 9.78 Å². The molecular weight excluding hydrogens is 300 g/mol. The molecule has 2 N–H and O–H groups in total. The number of amides is 1. The van der Waals surface area contributed by atoms with E-state index in [1.54, 1.807) is 24.4 Å². The van der Waals surface area contributed by atoms with E-state index in [1.807, 2.05) is 48.5 Å². The van der Waals surface area contributed by atoms with Crippen LogP contribution in [0, 0.1) is 0 Å². The highest BCUT2D eigenvalue weighted by Crippen LogP contribution is 2.22. The van der Waals surface area contributed by atoms with Crippen LogP contribution in [0.4, 0.5) is 5.69 Å². The third-order valence-corrected chi connectivity index (χ3v) is 3.70. The molecule has 5 nitrogen and oxygen atoms in total. The molecule has 0 unspecified atom stereocenters. The van der Waals surface area contributed by atoms with Crippen molar-refractivity contribution in [2.75, 3.05) is 5.32 Å². The van der Waals surface area contributed by atoms with Crippen molar-refractivity contribution in [2.24, 2.45) is 0 Å².